The highest BCUT2D eigenvalue weighted by Gasteiger charge is 2.09. The standard InChI is InChI=1S/C17H16N2O3/c1-12-3-6-15(7-4-12)22-11-14-9-18-16-8-5-13(10-19(14)16)17(20)21-2/h3-10H,11H2,1-2H3. The third-order valence-corrected chi connectivity index (χ3v) is 3.41. The Bertz CT molecular complexity index is 806. The van der Waals surface area contributed by atoms with Crippen LogP contribution < -0.4 is 4.74 Å². The maximum atomic E-state index is 11.6. The second-order valence-electron chi connectivity index (χ2n) is 4.99. The number of aryl methyl sites for hydroxylation is 1. The van der Waals surface area contributed by atoms with Crippen molar-refractivity contribution < 1.29 is 14.3 Å². The normalized spacial score (nSPS) is 10.6. The van der Waals surface area contributed by atoms with Gasteiger partial charge in [-0.2, -0.15) is 0 Å². The molecule has 0 amide bonds. The predicted octanol–water partition coefficient (Wildman–Crippen LogP) is 3.01. The molecule has 3 aromatic rings. The Morgan fingerprint density at radius 2 is 1.95 bits per heavy atom. The Labute approximate surface area is 128 Å². The van der Waals surface area contributed by atoms with Crippen LogP contribution in [0, 0.1) is 6.92 Å². The number of imidazole rings is 1. The van der Waals surface area contributed by atoms with Crippen LogP contribution in [0.3, 0.4) is 0 Å². The minimum Gasteiger partial charge on any atom is -0.487 e. The number of benzene rings is 1. The van der Waals surface area contributed by atoms with Gasteiger partial charge >= 0.3 is 5.97 Å². The first-order valence-electron chi connectivity index (χ1n) is 6.91. The van der Waals surface area contributed by atoms with Crippen molar-refractivity contribution >= 4 is 11.6 Å². The Morgan fingerprint density at radius 1 is 1.18 bits per heavy atom. The van der Waals surface area contributed by atoms with Crippen LogP contribution in [0.1, 0.15) is 21.6 Å². The molecular weight excluding hydrogens is 280 g/mol. The third kappa shape index (κ3) is 2.79. The van der Waals surface area contributed by atoms with Gasteiger partial charge in [0.15, 0.2) is 0 Å². The molecule has 0 atom stereocenters. The van der Waals surface area contributed by atoms with Crippen molar-refractivity contribution in [1.29, 1.82) is 0 Å². The largest absolute Gasteiger partial charge is 0.487 e. The third-order valence-electron chi connectivity index (χ3n) is 3.41. The highest BCUT2D eigenvalue weighted by atomic mass is 16.5. The van der Waals surface area contributed by atoms with Gasteiger partial charge in [-0.05, 0) is 31.2 Å². The average molecular weight is 296 g/mol. The van der Waals surface area contributed by atoms with Crippen molar-refractivity contribution in [1.82, 2.24) is 9.38 Å². The Hall–Kier alpha value is -2.82. The van der Waals surface area contributed by atoms with Crippen molar-refractivity contribution in [2.45, 2.75) is 13.5 Å². The van der Waals surface area contributed by atoms with E-state index in [-0.39, 0.29) is 5.97 Å². The molecule has 2 heterocycles. The maximum absolute atomic E-state index is 11.6. The molecule has 0 saturated heterocycles. The number of hydrogen-bond acceptors (Lipinski definition) is 4. The monoisotopic (exact) mass is 296 g/mol. The Balaban J connectivity index is 1.84. The van der Waals surface area contributed by atoms with E-state index in [4.69, 9.17) is 9.47 Å². The molecular formula is C17H16N2O3. The molecule has 112 valence electrons. The second-order valence-corrected chi connectivity index (χ2v) is 4.99. The summed E-state index contributed by atoms with van der Waals surface area (Å²) in [6.07, 6.45) is 3.45. The molecule has 0 aliphatic rings. The molecule has 0 aliphatic carbocycles. The van der Waals surface area contributed by atoms with E-state index in [1.807, 2.05) is 35.6 Å². The van der Waals surface area contributed by atoms with Gasteiger partial charge in [0.2, 0.25) is 0 Å². The Kier molecular flexibility index (Phi) is 3.78. The van der Waals surface area contributed by atoms with E-state index in [2.05, 4.69) is 4.98 Å². The number of methoxy groups -OCH3 is 1. The lowest BCUT2D eigenvalue weighted by atomic mass is 10.2. The number of fused-ring (bicyclic) bond motifs is 1. The summed E-state index contributed by atoms with van der Waals surface area (Å²) in [6, 6.07) is 11.3. The summed E-state index contributed by atoms with van der Waals surface area (Å²) in [5, 5.41) is 0. The van der Waals surface area contributed by atoms with E-state index >= 15 is 0 Å². The van der Waals surface area contributed by atoms with Crippen LogP contribution in [0.4, 0.5) is 0 Å². The number of nitrogens with zero attached hydrogens (tertiary/aromatic N) is 2. The van der Waals surface area contributed by atoms with Gasteiger partial charge in [0.25, 0.3) is 0 Å². The molecule has 2 aromatic heterocycles. The molecule has 5 heteroatoms. The van der Waals surface area contributed by atoms with Gasteiger partial charge in [-0.25, -0.2) is 9.78 Å². The minimum absolute atomic E-state index is 0.370. The summed E-state index contributed by atoms with van der Waals surface area (Å²) >= 11 is 0. The molecule has 5 nitrogen and oxygen atoms in total. The SMILES string of the molecule is COC(=O)c1ccc2ncc(COc3ccc(C)cc3)n2c1. The molecule has 0 spiro atoms. The first-order chi connectivity index (χ1) is 10.7. The molecule has 3 rings (SSSR count). The molecule has 0 radical (unpaired) electrons. The number of hydrogen-bond donors (Lipinski definition) is 0. The summed E-state index contributed by atoms with van der Waals surface area (Å²) in [5.41, 5.74) is 3.28. The molecule has 1 aromatic carbocycles. The van der Waals surface area contributed by atoms with Gasteiger partial charge in [-0.3, -0.25) is 4.40 Å². The number of esters is 1. The number of aromatic nitrogens is 2. The van der Waals surface area contributed by atoms with Crippen molar-refractivity contribution in [3.8, 4) is 5.75 Å². The second kappa shape index (κ2) is 5.89. The molecule has 0 aliphatic heterocycles. The molecule has 0 unspecified atom stereocenters. The lowest BCUT2D eigenvalue weighted by molar-refractivity contribution is 0.0600. The van der Waals surface area contributed by atoms with Crippen molar-refractivity contribution in [2.24, 2.45) is 0 Å². The summed E-state index contributed by atoms with van der Waals surface area (Å²) in [6.45, 7) is 2.40. The van der Waals surface area contributed by atoms with Gasteiger partial charge in [0.1, 0.15) is 18.0 Å². The van der Waals surface area contributed by atoms with Crippen LogP contribution in [-0.4, -0.2) is 22.5 Å². The number of pyridine rings is 1. The van der Waals surface area contributed by atoms with E-state index in [1.165, 1.54) is 12.7 Å². The summed E-state index contributed by atoms with van der Waals surface area (Å²) < 4.78 is 12.3. The van der Waals surface area contributed by atoms with Gasteiger partial charge < -0.3 is 9.47 Å². The number of carbonyl (C=O) groups excluding carboxylic acids is 1. The molecule has 0 bridgehead atoms. The van der Waals surface area contributed by atoms with Crippen LogP contribution in [-0.2, 0) is 11.3 Å². The first kappa shape index (κ1) is 14.1. The predicted molar refractivity (Wildman–Crippen MR) is 82.0 cm³/mol. The zero-order chi connectivity index (χ0) is 15.5. The number of carbonyl (C=O) groups is 1. The fourth-order valence-corrected chi connectivity index (χ4v) is 2.17. The number of ether oxygens (including phenoxy) is 2. The maximum Gasteiger partial charge on any atom is 0.339 e. The Morgan fingerprint density at radius 3 is 2.68 bits per heavy atom. The van der Waals surface area contributed by atoms with Crippen LogP contribution in [0.2, 0.25) is 0 Å². The van der Waals surface area contributed by atoms with E-state index in [9.17, 15) is 4.79 Å². The van der Waals surface area contributed by atoms with E-state index in [0.29, 0.717) is 12.2 Å². The van der Waals surface area contributed by atoms with Gasteiger partial charge in [0.05, 0.1) is 24.6 Å². The van der Waals surface area contributed by atoms with Crippen molar-refractivity contribution in [2.75, 3.05) is 7.11 Å². The zero-order valence-electron chi connectivity index (χ0n) is 12.4. The van der Waals surface area contributed by atoms with Crippen molar-refractivity contribution in [3.05, 3.63) is 65.6 Å². The van der Waals surface area contributed by atoms with Crippen LogP contribution in [0.5, 0.6) is 5.75 Å². The molecule has 22 heavy (non-hydrogen) atoms. The summed E-state index contributed by atoms with van der Waals surface area (Å²) in [5.74, 6) is 0.422. The van der Waals surface area contributed by atoms with Crippen molar-refractivity contribution in [3.63, 3.8) is 0 Å². The zero-order valence-corrected chi connectivity index (χ0v) is 12.4. The van der Waals surface area contributed by atoms with Gasteiger partial charge in [-0.1, -0.05) is 17.7 Å². The van der Waals surface area contributed by atoms with Gasteiger partial charge in [0, 0.05) is 6.20 Å². The average Bonchev–Trinajstić information content (AvgIpc) is 2.96. The minimum atomic E-state index is -0.374. The van der Waals surface area contributed by atoms with Crippen LogP contribution in [0.15, 0.2) is 48.8 Å². The lowest BCUT2D eigenvalue weighted by Gasteiger charge is -2.07. The fourth-order valence-electron chi connectivity index (χ4n) is 2.17. The molecule has 0 saturated carbocycles. The highest BCUT2D eigenvalue weighted by Crippen LogP contribution is 2.15. The highest BCUT2D eigenvalue weighted by molar-refractivity contribution is 5.89. The van der Waals surface area contributed by atoms with E-state index in [1.54, 1.807) is 24.5 Å². The van der Waals surface area contributed by atoms with Crippen LogP contribution >= 0.6 is 0 Å². The molecule has 0 N–H and O–H groups in total. The first-order valence-corrected chi connectivity index (χ1v) is 6.91. The topological polar surface area (TPSA) is 52.8 Å². The number of rotatable bonds is 4. The fraction of sp³-hybridized carbons (Fsp3) is 0.176. The quantitative estimate of drug-likeness (QED) is 0.694. The van der Waals surface area contributed by atoms with E-state index in [0.717, 1.165) is 17.1 Å². The van der Waals surface area contributed by atoms with Crippen LogP contribution in [0.25, 0.3) is 5.65 Å². The van der Waals surface area contributed by atoms with Gasteiger partial charge in [-0.15, -0.1) is 0 Å². The summed E-state index contributed by atoms with van der Waals surface area (Å²) in [4.78, 5) is 15.9. The summed E-state index contributed by atoms with van der Waals surface area (Å²) in [7, 11) is 1.36. The molecule has 0 fully saturated rings. The lowest BCUT2D eigenvalue weighted by Crippen LogP contribution is -2.05. The van der Waals surface area contributed by atoms with E-state index < -0.39 is 0 Å². The smallest absolute Gasteiger partial charge is 0.339 e.